The van der Waals surface area contributed by atoms with Gasteiger partial charge in [-0.3, -0.25) is 0 Å². The van der Waals surface area contributed by atoms with E-state index in [0.717, 1.165) is 11.4 Å². The summed E-state index contributed by atoms with van der Waals surface area (Å²) in [6.07, 6.45) is 0. The summed E-state index contributed by atoms with van der Waals surface area (Å²) in [4.78, 5) is 4.27. The Kier molecular flexibility index (Phi) is 3.20. The van der Waals surface area contributed by atoms with E-state index >= 15 is 0 Å². The predicted molar refractivity (Wildman–Crippen MR) is 75.9 cm³/mol. The first-order valence-corrected chi connectivity index (χ1v) is 6.23. The van der Waals surface area contributed by atoms with Gasteiger partial charge in [-0.1, -0.05) is 0 Å². The van der Waals surface area contributed by atoms with Crippen molar-refractivity contribution in [3.05, 3.63) is 30.3 Å². The highest BCUT2D eigenvalue weighted by atomic mass is 16.6. The van der Waals surface area contributed by atoms with Crippen molar-refractivity contribution in [1.82, 2.24) is 4.98 Å². The van der Waals surface area contributed by atoms with Crippen molar-refractivity contribution < 1.29 is 14.2 Å². The topological polar surface area (TPSA) is 78.6 Å². The fraction of sp³-hybridized carbons (Fsp3) is 0.214. The standard InChI is InChI=1S/C14H15N3O3/c1-18-13-5-3-10(15)14(17-13)16-9-2-4-11-12(8-9)20-7-6-19-11/h2-5,8H,6-7,15H2,1H3,(H,16,17). The third kappa shape index (κ3) is 2.40. The Bertz CT molecular complexity index is 631. The summed E-state index contributed by atoms with van der Waals surface area (Å²) < 4.78 is 16.1. The highest BCUT2D eigenvalue weighted by Gasteiger charge is 2.12. The molecule has 0 fully saturated rings. The molecule has 3 rings (SSSR count). The summed E-state index contributed by atoms with van der Waals surface area (Å²) in [6, 6.07) is 9.05. The van der Waals surface area contributed by atoms with E-state index in [2.05, 4.69) is 10.3 Å². The molecule has 1 aromatic carbocycles. The zero-order valence-electron chi connectivity index (χ0n) is 11.1. The Hall–Kier alpha value is -2.63. The average molecular weight is 273 g/mol. The van der Waals surface area contributed by atoms with Gasteiger partial charge in [0.25, 0.3) is 0 Å². The molecule has 3 N–H and O–H groups in total. The third-order valence-corrected chi connectivity index (χ3v) is 2.91. The van der Waals surface area contributed by atoms with E-state index in [1.807, 2.05) is 18.2 Å². The summed E-state index contributed by atoms with van der Waals surface area (Å²) in [7, 11) is 1.56. The van der Waals surface area contributed by atoms with E-state index in [4.69, 9.17) is 19.9 Å². The van der Waals surface area contributed by atoms with E-state index in [1.165, 1.54) is 0 Å². The predicted octanol–water partition coefficient (Wildman–Crippen LogP) is 2.19. The summed E-state index contributed by atoms with van der Waals surface area (Å²) in [5.74, 6) is 2.50. The second kappa shape index (κ2) is 5.16. The molecule has 1 aromatic heterocycles. The number of methoxy groups -OCH3 is 1. The molecule has 20 heavy (non-hydrogen) atoms. The maximum Gasteiger partial charge on any atom is 0.215 e. The van der Waals surface area contributed by atoms with Crippen LogP contribution in [0.25, 0.3) is 0 Å². The molecule has 0 radical (unpaired) electrons. The van der Waals surface area contributed by atoms with E-state index in [1.54, 1.807) is 19.2 Å². The molecule has 1 aliphatic heterocycles. The Morgan fingerprint density at radius 2 is 1.95 bits per heavy atom. The fourth-order valence-corrected chi connectivity index (χ4v) is 1.92. The first-order valence-electron chi connectivity index (χ1n) is 6.23. The first-order chi connectivity index (χ1) is 9.76. The van der Waals surface area contributed by atoms with Crippen LogP contribution in [0.2, 0.25) is 0 Å². The van der Waals surface area contributed by atoms with Gasteiger partial charge in [-0.25, -0.2) is 0 Å². The smallest absolute Gasteiger partial charge is 0.215 e. The Morgan fingerprint density at radius 1 is 1.15 bits per heavy atom. The number of benzene rings is 1. The molecule has 0 aliphatic carbocycles. The highest BCUT2D eigenvalue weighted by Crippen LogP contribution is 2.34. The van der Waals surface area contributed by atoms with Gasteiger partial charge in [-0.2, -0.15) is 4.98 Å². The zero-order chi connectivity index (χ0) is 13.9. The summed E-state index contributed by atoms with van der Waals surface area (Å²) in [6.45, 7) is 1.13. The molecule has 0 spiro atoms. The second-order valence-electron chi connectivity index (χ2n) is 4.27. The molecule has 0 atom stereocenters. The number of anilines is 3. The van der Waals surface area contributed by atoms with Crippen LogP contribution in [0.1, 0.15) is 0 Å². The fourth-order valence-electron chi connectivity index (χ4n) is 1.92. The Labute approximate surface area is 116 Å². The van der Waals surface area contributed by atoms with Crippen LogP contribution in [0, 0.1) is 0 Å². The SMILES string of the molecule is COc1ccc(N)c(Nc2ccc3c(c2)OCCO3)n1. The van der Waals surface area contributed by atoms with Gasteiger partial charge in [-0.15, -0.1) is 0 Å². The number of hydrogen-bond donors (Lipinski definition) is 2. The van der Waals surface area contributed by atoms with Gasteiger partial charge in [0.2, 0.25) is 5.88 Å². The minimum atomic E-state index is 0.499. The van der Waals surface area contributed by atoms with E-state index in [9.17, 15) is 0 Å². The van der Waals surface area contributed by atoms with Crippen LogP contribution >= 0.6 is 0 Å². The van der Waals surface area contributed by atoms with Crippen LogP contribution in [-0.4, -0.2) is 25.3 Å². The molecule has 2 aromatic rings. The molecule has 0 amide bonds. The molecule has 0 bridgehead atoms. The number of ether oxygens (including phenoxy) is 3. The van der Waals surface area contributed by atoms with Gasteiger partial charge in [-0.05, 0) is 18.2 Å². The number of aromatic nitrogens is 1. The number of nitrogens with two attached hydrogens (primary N) is 1. The molecular weight excluding hydrogens is 258 g/mol. The van der Waals surface area contributed by atoms with Crippen molar-refractivity contribution in [1.29, 1.82) is 0 Å². The second-order valence-corrected chi connectivity index (χ2v) is 4.27. The maximum absolute atomic E-state index is 5.89. The molecule has 6 heteroatoms. The quantitative estimate of drug-likeness (QED) is 0.892. The summed E-state index contributed by atoms with van der Waals surface area (Å²) in [5, 5.41) is 3.15. The van der Waals surface area contributed by atoms with Crippen molar-refractivity contribution in [2.75, 3.05) is 31.4 Å². The number of nitrogen functional groups attached to an aromatic ring is 1. The normalized spacial score (nSPS) is 12.8. The molecule has 0 unspecified atom stereocenters. The van der Waals surface area contributed by atoms with E-state index < -0.39 is 0 Å². The van der Waals surface area contributed by atoms with E-state index in [0.29, 0.717) is 36.3 Å². The lowest BCUT2D eigenvalue weighted by atomic mass is 10.2. The Morgan fingerprint density at radius 3 is 2.75 bits per heavy atom. The molecule has 0 saturated carbocycles. The van der Waals surface area contributed by atoms with Crippen LogP contribution in [0.4, 0.5) is 17.2 Å². The monoisotopic (exact) mass is 273 g/mol. The number of fused-ring (bicyclic) bond motifs is 1. The van der Waals surface area contributed by atoms with Gasteiger partial charge in [0.1, 0.15) is 13.2 Å². The van der Waals surface area contributed by atoms with Crippen LogP contribution < -0.4 is 25.3 Å². The third-order valence-electron chi connectivity index (χ3n) is 2.91. The minimum absolute atomic E-state index is 0.499. The number of hydrogen-bond acceptors (Lipinski definition) is 6. The van der Waals surface area contributed by atoms with Crippen molar-refractivity contribution >= 4 is 17.2 Å². The number of pyridine rings is 1. The Balaban J connectivity index is 1.87. The van der Waals surface area contributed by atoms with Crippen LogP contribution in [0.15, 0.2) is 30.3 Å². The van der Waals surface area contributed by atoms with Crippen LogP contribution in [0.3, 0.4) is 0 Å². The van der Waals surface area contributed by atoms with Crippen molar-refractivity contribution in [3.63, 3.8) is 0 Å². The van der Waals surface area contributed by atoms with E-state index in [-0.39, 0.29) is 0 Å². The lowest BCUT2D eigenvalue weighted by molar-refractivity contribution is 0.171. The zero-order valence-corrected chi connectivity index (χ0v) is 11.1. The molecule has 1 aliphatic rings. The van der Waals surface area contributed by atoms with Crippen molar-refractivity contribution in [2.45, 2.75) is 0 Å². The van der Waals surface area contributed by atoms with Gasteiger partial charge in [0.15, 0.2) is 17.3 Å². The number of nitrogens with zero attached hydrogens (tertiary/aromatic N) is 1. The first kappa shape index (κ1) is 12.4. The lowest BCUT2D eigenvalue weighted by Crippen LogP contribution is -2.15. The van der Waals surface area contributed by atoms with Crippen LogP contribution in [-0.2, 0) is 0 Å². The largest absolute Gasteiger partial charge is 0.486 e. The molecule has 6 nitrogen and oxygen atoms in total. The highest BCUT2D eigenvalue weighted by molar-refractivity contribution is 5.70. The number of rotatable bonds is 3. The summed E-state index contributed by atoms with van der Waals surface area (Å²) >= 11 is 0. The minimum Gasteiger partial charge on any atom is -0.486 e. The average Bonchev–Trinajstić information content (AvgIpc) is 2.49. The van der Waals surface area contributed by atoms with Gasteiger partial charge >= 0.3 is 0 Å². The summed E-state index contributed by atoms with van der Waals surface area (Å²) in [5.41, 5.74) is 7.26. The van der Waals surface area contributed by atoms with Crippen molar-refractivity contribution in [3.8, 4) is 17.4 Å². The molecule has 2 heterocycles. The van der Waals surface area contributed by atoms with Crippen molar-refractivity contribution in [2.24, 2.45) is 0 Å². The molecule has 0 saturated heterocycles. The van der Waals surface area contributed by atoms with Gasteiger partial charge < -0.3 is 25.3 Å². The maximum atomic E-state index is 5.89. The van der Waals surface area contributed by atoms with Crippen LogP contribution in [0.5, 0.6) is 17.4 Å². The van der Waals surface area contributed by atoms with Gasteiger partial charge in [0.05, 0.1) is 12.8 Å². The van der Waals surface area contributed by atoms with Gasteiger partial charge in [0, 0.05) is 17.8 Å². The lowest BCUT2D eigenvalue weighted by Gasteiger charge is -2.19. The molecule has 104 valence electrons. The molecular formula is C14H15N3O3. The number of nitrogens with one attached hydrogen (secondary N) is 1.